The Morgan fingerprint density at radius 2 is 1.77 bits per heavy atom. The maximum absolute atomic E-state index is 12.6. The van der Waals surface area contributed by atoms with Crippen LogP contribution in [-0.4, -0.2) is 67.3 Å². The molecule has 3 amide bonds. The highest BCUT2D eigenvalue weighted by Gasteiger charge is 2.28. The molecule has 2 aliphatic heterocycles. The molecule has 7 nitrogen and oxygen atoms in total. The van der Waals surface area contributed by atoms with Crippen LogP contribution in [0.1, 0.15) is 25.7 Å². The van der Waals surface area contributed by atoms with Gasteiger partial charge in [-0.1, -0.05) is 12.1 Å². The predicted molar refractivity (Wildman–Crippen MR) is 99.9 cm³/mol. The summed E-state index contributed by atoms with van der Waals surface area (Å²) in [6.07, 6.45) is 2.23. The van der Waals surface area contributed by atoms with E-state index in [4.69, 9.17) is 0 Å². The molecule has 140 valence electrons. The van der Waals surface area contributed by atoms with Crippen LogP contribution in [0.15, 0.2) is 24.3 Å². The molecule has 3 rings (SSSR count). The van der Waals surface area contributed by atoms with Gasteiger partial charge in [-0.15, -0.1) is 0 Å². The maximum atomic E-state index is 12.6. The van der Waals surface area contributed by atoms with Crippen LogP contribution in [0.25, 0.3) is 0 Å². The van der Waals surface area contributed by atoms with Crippen molar-refractivity contribution < 1.29 is 14.4 Å². The number of fused-ring (bicyclic) bond motifs is 1. The van der Waals surface area contributed by atoms with Crippen molar-refractivity contribution in [3.05, 3.63) is 24.3 Å². The number of para-hydroxylation sites is 2. The highest BCUT2D eigenvalue weighted by atomic mass is 16.2. The lowest BCUT2D eigenvalue weighted by Crippen LogP contribution is -2.45. The number of hydrogen-bond acceptors (Lipinski definition) is 4. The van der Waals surface area contributed by atoms with E-state index in [1.165, 1.54) is 4.90 Å². The predicted octanol–water partition coefficient (Wildman–Crippen LogP) is 1.30. The summed E-state index contributed by atoms with van der Waals surface area (Å²) in [6, 6.07) is 7.74. The van der Waals surface area contributed by atoms with Gasteiger partial charge in [0.05, 0.1) is 11.4 Å². The van der Waals surface area contributed by atoms with E-state index < -0.39 is 0 Å². The van der Waals surface area contributed by atoms with Crippen molar-refractivity contribution in [3.8, 4) is 0 Å². The normalized spacial score (nSPS) is 17.9. The van der Waals surface area contributed by atoms with E-state index in [0.717, 1.165) is 25.9 Å². The largest absolute Gasteiger partial charge is 0.343 e. The van der Waals surface area contributed by atoms with Gasteiger partial charge in [0.15, 0.2) is 0 Å². The molecule has 0 spiro atoms. The van der Waals surface area contributed by atoms with Crippen LogP contribution in [0.4, 0.5) is 11.4 Å². The van der Waals surface area contributed by atoms with Gasteiger partial charge in [-0.3, -0.25) is 14.4 Å². The molecule has 0 bridgehead atoms. The summed E-state index contributed by atoms with van der Waals surface area (Å²) in [5.74, 6) is -0.386. The van der Waals surface area contributed by atoms with Crippen molar-refractivity contribution >= 4 is 29.1 Å². The van der Waals surface area contributed by atoms with Crippen LogP contribution >= 0.6 is 0 Å². The summed E-state index contributed by atoms with van der Waals surface area (Å²) in [4.78, 5) is 42.4. The average molecular weight is 358 g/mol. The number of benzene rings is 1. The Hall–Kier alpha value is -2.41. The van der Waals surface area contributed by atoms with Gasteiger partial charge >= 0.3 is 0 Å². The first-order valence-corrected chi connectivity index (χ1v) is 9.09. The maximum Gasteiger partial charge on any atom is 0.244 e. The van der Waals surface area contributed by atoms with Crippen LogP contribution in [0.2, 0.25) is 0 Å². The Morgan fingerprint density at radius 1 is 1.12 bits per heavy atom. The van der Waals surface area contributed by atoms with Crippen LogP contribution in [-0.2, 0) is 14.4 Å². The number of carbonyl (C=O) groups is 3. The second-order valence-corrected chi connectivity index (χ2v) is 7.12. The van der Waals surface area contributed by atoms with Gasteiger partial charge in [0.1, 0.15) is 6.54 Å². The van der Waals surface area contributed by atoms with E-state index in [2.05, 4.69) is 24.3 Å². The van der Waals surface area contributed by atoms with Gasteiger partial charge in [-0.2, -0.15) is 0 Å². The van der Waals surface area contributed by atoms with Crippen molar-refractivity contribution in [1.82, 2.24) is 9.80 Å². The molecule has 0 radical (unpaired) electrons. The fourth-order valence-corrected chi connectivity index (χ4v) is 3.59. The minimum atomic E-state index is -0.214. The van der Waals surface area contributed by atoms with Crippen molar-refractivity contribution in [2.24, 2.45) is 0 Å². The standard InChI is InChI=1S/C19H26N4O3/c1-21(2)14-9-11-22(12-10-14)18(25)7-8-19(26)23-13-17(24)20-15-5-3-4-6-16(15)23/h3-6,14H,7-13H2,1-2H3,(H,20,24). The molecule has 0 aliphatic carbocycles. The lowest BCUT2D eigenvalue weighted by atomic mass is 10.0. The highest BCUT2D eigenvalue weighted by Crippen LogP contribution is 2.29. The number of hydrogen-bond donors (Lipinski definition) is 1. The molecule has 0 saturated carbocycles. The van der Waals surface area contributed by atoms with Gasteiger partial charge in [0.2, 0.25) is 17.7 Å². The zero-order valence-corrected chi connectivity index (χ0v) is 15.4. The monoisotopic (exact) mass is 358 g/mol. The topological polar surface area (TPSA) is 73.0 Å². The van der Waals surface area contributed by atoms with E-state index >= 15 is 0 Å². The molecular formula is C19H26N4O3. The first-order chi connectivity index (χ1) is 12.5. The molecule has 0 aromatic heterocycles. The second-order valence-electron chi connectivity index (χ2n) is 7.12. The Balaban J connectivity index is 1.55. The quantitative estimate of drug-likeness (QED) is 0.881. The summed E-state index contributed by atoms with van der Waals surface area (Å²) in [5, 5.41) is 2.76. The minimum Gasteiger partial charge on any atom is -0.343 e. The summed E-state index contributed by atoms with van der Waals surface area (Å²) >= 11 is 0. The van der Waals surface area contributed by atoms with Crippen molar-refractivity contribution in [2.45, 2.75) is 31.7 Å². The molecule has 1 N–H and O–H groups in total. The van der Waals surface area contributed by atoms with Gasteiger partial charge in [0.25, 0.3) is 0 Å². The number of anilines is 2. The van der Waals surface area contributed by atoms with E-state index in [-0.39, 0.29) is 37.1 Å². The number of carbonyl (C=O) groups excluding carboxylic acids is 3. The molecule has 2 aliphatic rings. The van der Waals surface area contributed by atoms with Crippen molar-refractivity contribution in [3.63, 3.8) is 0 Å². The van der Waals surface area contributed by atoms with Crippen molar-refractivity contribution in [1.29, 1.82) is 0 Å². The summed E-state index contributed by atoms with van der Waals surface area (Å²) in [7, 11) is 4.13. The Kier molecular flexibility index (Phi) is 5.56. The molecule has 0 atom stereocenters. The van der Waals surface area contributed by atoms with Crippen molar-refractivity contribution in [2.75, 3.05) is 43.9 Å². The first-order valence-electron chi connectivity index (χ1n) is 9.09. The van der Waals surface area contributed by atoms with Gasteiger partial charge in [-0.25, -0.2) is 0 Å². The summed E-state index contributed by atoms with van der Waals surface area (Å²) in [5.41, 5.74) is 1.32. The van der Waals surface area contributed by atoms with E-state index in [1.54, 1.807) is 12.1 Å². The Labute approximate surface area is 153 Å². The SMILES string of the molecule is CN(C)C1CCN(C(=O)CCC(=O)N2CC(=O)Nc3ccccc32)CC1. The number of nitrogens with zero attached hydrogens (tertiary/aromatic N) is 3. The molecule has 26 heavy (non-hydrogen) atoms. The van der Waals surface area contributed by atoms with E-state index in [9.17, 15) is 14.4 Å². The van der Waals surface area contributed by atoms with Crippen LogP contribution in [0.3, 0.4) is 0 Å². The molecule has 1 fully saturated rings. The number of rotatable bonds is 4. The summed E-state index contributed by atoms with van der Waals surface area (Å²) < 4.78 is 0. The van der Waals surface area contributed by atoms with Gasteiger partial charge < -0.3 is 20.0 Å². The van der Waals surface area contributed by atoms with E-state index in [0.29, 0.717) is 17.4 Å². The van der Waals surface area contributed by atoms with Crippen LogP contribution in [0, 0.1) is 0 Å². The zero-order chi connectivity index (χ0) is 18.7. The zero-order valence-electron chi connectivity index (χ0n) is 15.4. The average Bonchev–Trinajstić information content (AvgIpc) is 2.65. The Bertz CT molecular complexity index is 696. The van der Waals surface area contributed by atoms with Crippen LogP contribution < -0.4 is 10.2 Å². The first kappa shape index (κ1) is 18.4. The third-order valence-corrected chi connectivity index (χ3v) is 5.17. The van der Waals surface area contributed by atoms with Crippen LogP contribution in [0.5, 0.6) is 0 Å². The molecule has 2 heterocycles. The minimum absolute atomic E-state index is 0.00172. The fraction of sp³-hybridized carbons (Fsp3) is 0.526. The lowest BCUT2D eigenvalue weighted by Gasteiger charge is -2.35. The lowest BCUT2D eigenvalue weighted by molar-refractivity contribution is -0.134. The molecule has 1 saturated heterocycles. The third kappa shape index (κ3) is 4.04. The Morgan fingerprint density at radius 3 is 2.46 bits per heavy atom. The molecule has 7 heteroatoms. The summed E-state index contributed by atoms with van der Waals surface area (Å²) in [6.45, 7) is 1.48. The molecule has 1 aromatic rings. The third-order valence-electron chi connectivity index (χ3n) is 5.17. The second kappa shape index (κ2) is 7.86. The fourth-order valence-electron chi connectivity index (χ4n) is 3.59. The number of amides is 3. The van der Waals surface area contributed by atoms with Gasteiger partial charge in [0, 0.05) is 32.0 Å². The molecule has 0 unspecified atom stereocenters. The molecular weight excluding hydrogens is 332 g/mol. The number of nitrogens with one attached hydrogen (secondary N) is 1. The number of likely N-dealkylation sites (tertiary alicyclic amines) is 1. The highest BCUT2D eigenvalue weighted by molar-refractivity contribution is 6.10. The number of piperidine rings is 1. The van der Waals surface area contributed by atoms with Gasteiger partial charge in [-0.05, 0) is 39.1 Å². The smallest absolute Gasteiger partial charge is 0.244 e. The molecule has 1 aromatic carbocycles. The van der Waals surface area contributed by atoms with E-state index in [1.807, 2.05) is 17.0 Å².